The van der Waals surface area contributed by atoms with E-state index in [1.54, 1.807) is 0 Å². The second-order valence-electron chi connectivity index (χ2n) is 4.97. The van der Waals surface area contributed by atoms with E-state index in [4.69, 9.17) is 4.74 Å². The van der Waals surface area contributed by atoms with Crippen LogP contribution in [0.3, 0.4) is 0 Å². The van der Waals surface area contributed by atoms with Gasteiger partial charge >= 0.3 is 0 Å². The van der Waals surface area contributed by atoms with Crippen LogP contribution in [0.25, 0.3) is 0 Å². The number of hydrogen-bond acceptors (Lipinski definition) is 4. The number of carbonyl (C=O) groups excluding carboxylic acids is 1. The maximum Gasteiger partial charge on any atom is 0.282 e. The largest absolute Gasteiger partial charge is 0.378 e. The summed E-state index contributed by atoms with van der Waals surface area (Å²) < 4.78 is 6.29. The fraction of sp³-hybridized carbons (Fsp3) is 0.333. The van der Waals surface area contributed by atoms with Gasteiger partial charge in [0.05, 0.1) is 30.2 Å². The first-order chi connectivity index (χ1) is 10.1. The Bertz CT molecular complexity index is 604. The summed E-state index contributed by atoms with van der Waals surface area (Å²) in [6.45, 7) is 4.88. The fourth-order valence-corrected chi connectivity index (χ4v) is 2.58. The zero-order valence-electron chi connectivity index (χ0n) is 11.8. The van der Waals surface area contributed by atoms with E-state index in [0.717, 1.165) is 29.0 Å². The molecule has 0 spiro atoms. The third-order valence-electron chi connectivity index (χ3n) is 3.49. The molecule has 21 heavy (non-hydrogen) atoms. The van der Waals surface area contributed by atoms with Gasteiger partial charge in [-0.3, -0.25) is 4.79 Å². The van der Waals surface area contributed by atoms with Crippen molar-refractivity contribution in [3.8, 4) is 0 Å². The van der Waals surface area contributed by atoms with Crippen LogP contribution in [0.2, 0.25) is 0 Å². The van der Waals surface area contributed by atoms with Gasteiger partial charge in [-0.25, -0.2) is 0 Å². The topological polar surface area (TPSA) is 45.1 Å². The van der Waals surface area contributed by atoms with Gasteiger partial charge in [0.25, 0.3) is 5.91 Å². The third-order valence-corrected chi connectivity index (χ3v) is 4.02. The summed E-state index contributed by atoms with van der Waals surface area (Å²) in [4.78, 5) is 14.7. The van der Waals surface area contributed by atoms with Gasteiger partial charge in [-0.15, -0.1) is 0 Å². The number of nitrogens with zero attached hydrogens (tertiary/aromatic N) is 3. The minimum atomic E-state index is -0.0821. The van der Waals surface area contributed by atoms with E-state index in [1.807, 2.05) is 37.4 Å². The van der Waals surface area contributed by atoms with Gasteiger partial charge in [0, 0.05) is 23.8 Å². The van der Waals surface area contributed by atoms with E-state index in [1.165, 1.54) is 5.01 Å². The molecule has 1 amide bonds. The van der Waals surface area contributed by atoms with Crippen molar-refractivity contribution in [2.75, 3.05) is 31.3 Å². The Kier molecular flexibility index (Phi) is 4.07. The number of anilines is 1. The summed E-state index contributed by atoms with van der Waals surface area (Å²) in [7, 11) is 0. The average molecular weight is 350 g/mol. The van der Waals surface area contributed by atoms with Crippen molar-refractivity contribution in [3.63, 3.8) is 0 Å². The van der Waals surface area contributed by atoms with E-state index in [-0.39, 0.29) is 5.91 Å². The molecule has 0 atom stereocenters. The molecule has 0 aliphatic carbocycles. The van der Waals surface area contributed by atoms with Crippen molar-refractivity contribution < 1.29 is 9.53 Å². The lowest BCUT2D eigenvalue weighted by Crippen LogP contribution is -2.33. The highest BCUT2D eigenvalue weighted by Crippen LogP contribution is 2.25. The minimum Gasteiger partial charge on any atom is -0.378 e. The highest BCUT2D eigenvalue weighted by molar-refractivity contribution is 9.10. The maximum absolute atomic E-state index is 12.5. The molecule has 2 heterocycles. The smallest absolute Gasteiger partial charge is 0.282 e. The van der Waals surface area contributed by atoms with E-state index in [2.05, 4.69) is 25.9 Å². The van der Waals surface area contributed by atoms with Crippen LogP contribution in [-0.2, 0) is 9.53 Å². The van der Waals surface area contributed by atoms with Crippen LogP contribution < -0.4 is 5.01 Å². The number of hydrogen-bond donors (Lipinski definition) is 0. The van der Waals surface area contributed by atoms with Crippen LogP contribution in [0.1, 0.15) is 6.92 Å². The number of halogens is 1. The van der Waals surface area contributed by atoms with Crippen molar-refractivity contribution >= 4 is 33.2 Å². The molecule has 0 N–H and O–H groups in total. The first-order valence-corrected chi connectivity index (χ1v) is 7.63. The van der Waals surface area contributed by atoms with E-state index in [0.29, 0.717) is 18.8 Å². The molecule has 2 aliphatic rings. The minimum absolute atomic E-state index is 0.0821. The molecule has 0 unspecified atom stereocenters. The van der Waals surface area contributed by atoms with Crippen LogP contribution in [0.5, 0.6) is 0 Å². The van der Waals surface area contributed by atoms with Gasteiger partial charge in [-0.05, 0) is 31.2 Å². The predicted molar refractivity (Wildman–Crippen MR) is 85.2 cm³/mol. The summed E-state index contributed by atoms with van der Waals surface area (Å²) in [5, 5.41) is 5.83. The summed E-state index contributed by atoms with van der Waals surface area (Å²) >= 11 is 3.39. The van der Waals surface area contributed by atoms with Gasteiger partial charge in [-0.1, -0.05) is 15.9 Å². The highest BCUT2D eigenvalue weighted by atomic mass is 79.9. The van der Waals surface area contributed by atoms with Crippen LogP contribution in [0.4, 0.5) is 5.69 Å². The van der Waals surface area contributed by atoms with Crippen molar-refractivity contribution in [3.05, 3.63) is 40.5 Å². The molecule has 0 bridgehead atoms. The van der Waals surface area contributed by atoms with E-state index >= 15 is 0 Å². The second-order valence-corrected chi connectivity index (χ2v) is 5.89. The van der Waals surface area contributed by atoms with Crippen molar-refractivity contribution in [1.82, 2.24) is 4.90 Å². The van der Waals surface area contributed by atoms with Crippen molar-refractivity contribution in [1.29, 1.82) is 0 Å². The Morgan fingerprint density at radius 2 is 1.90 bits per heavy atom. The Morgan fingerprint density at radius 3 is 2.57 bits per heavy atom. The predicted octanol–water partition coefficient (Wildman–Crippen LogP) is 2.39. The lowest BCUT2D eigenvalue weighted by Gasteiger charge is -2.25. The number of carbonyl (C=O) groups is 1. The summed E-state index contributed by atoms with van der Waals surface area (Å²) in [6, 6.07) is 7.54. The first kappa shape index (κ1) is 14.3. The SMILES string of the molecule is CC1=NN(c2ccc(Br)cc2)C(=O)C1=CN1CCOCC1. The molecule has 5 nitrogen and oxygen atoms in total. The first-order valence-electron chi connectivity index (χ1n) is 6.84. The number of amides is 1. The van der Waals surface area contributed by atoms with Gasteiger partial charge in [0.2, 0.25) is 0 Å². The molecular weight excluding hydrogens is 334 g/mol. The molecule has 1 saturated heterocycles. The molecule has 1 fully saturated rings. The summed E-state index contributed by atoms with van der Waals surface area (Å²) in [6.07, 6.45) is 1.91. The molecule has 0 aromatic heterocycles. The van der Waals surface area contributed by atoms with Crippen LogP contribution in [0, 0.1) is 0 Å². The zero-order chi connectivity index (χ0) is 14.8. The number of ether oxygens (including phenoxy) is 1. The quantitative estimate of drug-likeness (QED) is 0.770. The lowest BCUT2D eigenvalue weighted by molar-refractivity contribution is -0.114. The monoisotopic (exact) mass is 349 g/mol. The third kappa shape index (κ3) is 3.01. The van der Waals surface area contributed by atoms with Crippen molar-refractivity contribution in [2.45, 2.75) is 6.92 Å². The fourth-order valence-electron chi connectivity index (χ4n) is 2.31. The van der Waals surface area contributed by atoms with Crippen LogP contribution >= 0.6 is 15.9 Å². The maximum atomic E-state index is 12.5. The molecule has 1 aromatic carbocycles. The van der Waals surface area contributed by atoms with E-state index < -0.39 is 0 Å². The molecule has 110 valence electrons. The van der Waals surface area contributed by atoms with Gasteiger partial charge < -0.3 is 9.64 Å². The molecule has 3 rings (SSSR count). The summed E-state index contributed by atoms with van der Waals surface area (Å²) in [5.41, 5.74) is 2.17. The van der Waals surface area contributed by atoms with Gasteiger partial charge in [-0.2, -0.15) is 10.1 Å². The molecule has 2 aliphatic heterocycles. The molecule has 0 radical (unpaired) electrons. The van der Waals surface area contributed by atoms with Gasteiger partial charge in [0.15, 0.2) is 0 Å². The molecule has 6 heteroatoms. The lowest BCUT2D eigenvalue weighted by atomic mass is 10.2. The Labute approximate surface area is 132 Å². The number of rotatable bonds is 2. The Morgan fingerprint density at radius 1 is 1.24 bits per heavy atom. The van der Waals surface area contributed by atoms with Crippen molar-refractivity contribution in [2.24, 2.45) is 5.10 Å². The Hall–Kier alpha value is -1.66. The number of hydrazone groups is 1. The average Bonchev–Trinajstić information content (AvgIpc) is 2.77. The Balaban J connectivity index is 1.83. The van der Waals surface area contributed by atoms with Crippen LogP contribution in [-0.4, -0.2) is 42.8 Å². The number of benzene rings is 1. The van der Waals surface area contributed by atoms with Gasteiger partial charge in [0.1, 0.15) is 0 Å². The van der Waals surface area contributed by atoms with E-state index in [9.17, 15) is 4.79 Å². The highest BCUT2D eigenvalue weighted by Gasteiger charge is 2.29. The molecule has 0 saturated carbocycles. The summed E-state index contributed by atoms with van der Waals surface area (Å²) in [5.74, 6) is -0.0821. The van der Waals surface area contributed by atoms with Crippen LogP contribution in [0.15, 0.2) is 45.6 Å². The zero-order valence-corrected chi connectivity index (χ0v) is 13.3. The second kappa shape index (κ2) is 5.99. The molecular formula is C15H16BrN3O2. The standard InChI is InChI=1S/C15H16BrN3O2/c1-11-14(10-18-6-8-21-9-7-18)15(20)19(17-11)13-4-2-12(16)3-5-13/h2-5,10H,6-9H2,1H3. The number of morpholine rings is 1. The normalized spacial score (nSPS) is 21.1. The molecule has 1 aromatic rings.